The van der Waals surface area contributed by atoms with Crippen LogP contribution in [0.1, 0.15) is 30.9 Å². The van der Waals surface area contributed by atoms with Crippen molar-refractivity contribution in [3.63, 3.8) is 0 Å². The summed E-state index contributed by atoms with van der Waals surface area (Å²) < 4.78 is 19.3. The molecule has 0 fully saturated rings. The molecule has 0 aliphatic heterocycles. The molecule has 0 bridgehead atoms. The molecule has 0 radical (unpaired) electrons. The molecule has 1 aromatic heterocycles. The van der Waals surface area contributed by atoms with Crippen LogP contribution in [0.3, 0.4) is 0 Å². The Balaban J connectivity index is 1.76. The monoisotopic (exact) mass is 340 g/mol. The van der Waals surface area contributed by atoms with Gasteiger partial charge < -0.3 is 15.5 Å². The van der Waals surface area contributed by atoms with Gasteiger partial charge in [0, 0.05) is 23.0 Å². The molecule has 0 aliphatic rings. The highest BCUT2D eigenvalue weighted by Gasteiger charge is 2.16. The lowest BCUT2D eigenvalue weighted by Crippen LogP contribution is -2.14. The predicted octanol–water partition coefficient (Wildman–Crippen LogP) is 4.63. The van der Waals surface area contributed by atoms with Crippen molar-refractivity contribution in [1.29, 1.82) is 0 Å². The number of rotatable bonds is 7. The maximum Gasteiger partial charge on any atom is 0.123 e. The smallest absolute Gasteiger partial charge is 0.123 e. The quantitative estimate of drug-likeness (QED) is 0.659. The fraction of sp³-hybridized carbons (Fsp3) is 0.333. The van der Waals surface area contributed by atoms with Gasteiger partial charge in [-0.3, -0.25) is 0 Å². The van der Waals surface area contributed by atoms with Gasteiger partial charge >= 0.3 is 0 Å². The van der Waals surface area contributed by atoms with E-state index in [0.29, 0.717) is 19.1 Å². The van der Waals surface area contributed by atoms with Gasteiger partial charge in [-0.25, -0.2) is 4.39 Å². The van der Waals surface area contributed by atoms with Gasteiger partial charge in [0.05, 0.1) is 6.61 Å². The van der Waals surface area contributed by atoms with Gasteiger partial charge in [-0.2, -0.15) is 0 Å². The number of nitrogens with two attached hydrogens (primary N) is 1. The van der Waals surface area contributed by atoms with Crippen molar-refractivity contribution in [2.24, 2.45) is 11.7 Å². The van der Waals surface area contributed by atoms with E-state index in [4.69, 9.17) is 10.5 Å². The lowest BCUT2D eigenvalue weighted by Gasteiger charge is -2.15. The normalized spacial score (nSPS) is 12.7. The molecule has 0 amide bonds. The Morgan fingerprint density at radius 2 is 1.88 bits per heavy atom. The summed E-state index contributed by atoms with van der Waals surface area (Å²) in [6.07, 6.45) is 2.76. The fourth-order valence-corrected chi connectivity index (χ4v) is 3.04. The number of ether oxygens (including phenoxy) is 1. The maximum absolute atomic E-state index is 13.6. The molecule has 1 unspecified atom stereocenters. The molecular formula is C21H25FN2O. The van der Waals surface area contributed by atoms with Crippen molar-refractivity contribution in [1.82, 2.24) is 4.98 Å². The molecule has 3 aromatic rings. The third-order valence-corrected chi connectivity index (χ3v) is 4.39. The standard InChI is InChI=1S/C21H25FN2O/c1-14(2)13-25-18-6-3-15(4-7-18)9-16(11-23)20-12-24-21-8-5-17(22)10-19(20)21/h3-8,10,12,14,16,24H,9,11,13,23H2,1-2H3. The van der Waals surface area contributed by atoms with Gasteiger partial charge in [-0.1, -0.05) is 26.0 Å². The van der Waals surface area contributed by atoms with Crippen molar-refractivity contribution in [3.8, 4) is 5.75 Å². The van der Waals surface area contributed by atoms with E-state index in [1.165, 1.54) is 11.6 Å². The van der Waals surface area contributed by atoms with Gasteiger partial charge in [0.25, 0.3) is 0 Å². The SMILES string of the molecule is CC(C)COc1ccc(CC(CN)c2c[nH]c3ccc(F)cc23)cc1. The molecule has 0 spiro atoms. The third kappa shape index (κ3) is 4.20. The van der Waals surface area contributed by atoms with Crippen molar-refractivity contribution in [2.75, 3.05) is 13.2 Å². The predicted molar refractivity (Wildman–Crippen MR) is 101 cm³/mol. The molecule has 3 nitrogen and oxygen atoms in total. The lowest BCUT2D eigenvalue weighted by molar-refractivity contribution is 0.271. The number of H-pyrrole nitrogens is 1. The molecular weight excluding hydrogens is 315 g/mol. The first-order chi connectivity index (χ1) is 12.1. The Hall–Kier alpha value is -2.33. The van der Waals surface area contributed by atoms with Crippen LogP contribution in [0.2, 0.25) is 0 Å². The van der Waals surface area contributed by atoms with E-state index in [2.05, 4.69) is 31.0 Å². The number of halogens is 1. The highest BCUT2D eigenvalue weighted by Crippen LogP contribution is 2.29. The largest absolute Gasteiger partial charge is 0.493 e. The van der Waals surface area contributed by atoms with E-state index in [1.54, 1.807) is 12.1 Å². The van der Waals surface area contributed by atoms with Crippen LogP contribution in [0, 0.1) is 11.7 Å². The highest BCUT2D eigenvalue weighted by molar-refractivity contribution is 5.83. The zero-order valence-electron chi connectivity index (χ0n) is 14.8. The lowest BCUT2D eigenvalue weighted by atomic mass is 9.91. The van der Waals surface area contributed by atoms with Crippen LogP contribution in [0.25, 0.3) is 10.9 Å². The number of nitrogens with one attached hydrogen (secondary N) is 1. The van der Waals surface area contributed by atoms with Gasteiger partial charge in [0.15, 0.2) is 0 Å². The van der Waals surface area contributed by atoms with Crippen LogP contribution in [-0.2, 0) is 6.42 Å². The maximum atomic E-state index is 13.6. The minimum Gasteiger partial charge on any atom is -0.493 e. The number of benzene rings is 2. The van der Waals surface area contributed by atoms with E-state index in [1.807, 2.05) is 18.3 Å². The summed E-state index contributed by atoms with van der Waals surface area (Å²) in [5, 5.41) is 0.910. The summed E-state index contributed by atoms with van der Waals surface area (Å²) >= 11 is 0. The summed E-state index contributed by atoms with van der Waals surface area (Å²) in [5.41, 5.74) is 9.22. The van der Waals surface area contributed by atoms with E-state index < -0.39 is 0 Å². The molecule has 132 valence electrons. The Labute approximate surface area is 148 Å². The first-order valence-electron chi connectivity index (χ1n) is 8.75. The number of hydrogen-bond donors (Lipinski definition) is 2. The van der Waals surface area contributed by atoms with E-state index in [-0.39, 0.29) is 11.7 Å². The molecule has 0 saturated heterocycles. The molecule has 0 saturated carbocycles. The Morgan fingerprint density at radius 3 is 2.56 bits per heavy atom. The van der Waals surface area contributed by atoms with Crippen LogP contribution >= 0.6 is 0 Å². The zero-order valence-corrected chi connectivity index (χ0v) is 14.8. The molecule has 25 heavy (non-hydrogen) atoms. The summed E-state index contributed by atoms with van der Waals surface area (Å²) in [5.74, 6) is 1.30. The number of aromatic nitrogens is 1. The number of fused-ring (bicyclic) bond motifs is 1. The fourth-order valence-electron chi connectivity index (χ4n) is 3.04. The molecule has 1 atom stereocenters. The van der Waals surface area contributed by atoms with Gasteiger partial charge in [-0.15, -0.1) is 0 Å². The topological polar surface area (TPSA) is 51.0 Å². The van der Waals surface area contributed by atoms with Crippen molar-refractivity contribution in [3.05, 3.63) is 65.6 Å². The molecule has 3 rings (SSSR count). The van der Waals surface area contributed by atoms with Crippen LogP contribution in [0.4, 0.5) is 4.39 Å². The second-order valence-corrected chi connectivity index (χ2v) is 6.92. The van der Waals surface area contributed by atoms with Crippen LogP contribution in [-0.4, -0.2) is 18.1 Å². The van der Waals surface area contributed by atoms with Crippen molar-refractivity contribution >= 4 is 10.9 Å². The highest BCUT2D eigenvalue weighted by atomic mass is 19.1. The summed E-state index contributed by atoms with van der Waals surface area (Å²) in [6.45, 7) is 5.48. The zero-order chi connectivity index (χ0) is 17.8. The molecule has 1 heterocycles. The number of hydrogen-bond acceptors (Lipinski definition) is 2. The Morgan fingerprint density at radius 1 is 1.12 bits per heavy atom. The van der Waals surface area contributed by atoms with E-state index in [9.17, 15) is 4.39 Å². The molecule has 4 heteroatoms. The van der Waals surface area contributed by atoms with E-state index in [0.717, 1.165) is 28.6 Å². The average Bonchev–Trinajstić information content (AvgIpc) is 3.01. The third-order valence-electron chi connectivity index (χ3n) is 4.39. The number of aromatic amines is 1. The van der Waals surface area contributed by atoms with Crippen molar-refractivity contribution < 1.29 is 9.13 Å². The Kier molecular flexibility index (Phi) is 5.39. The second-order valence-electron chi connectivity index (χ2n) is 6.92. The van der Waals surface area contributed by atoms with Gasteiger partial charge in [-0.05, 0) is 60.3 Å². The molecule has 3 N–H and O–H groups in total. The first kappa shape index (κ1) is 17.5. The van der Waals surface area contributed by atoms with Crippen LogP contribution < -0.4 is 10.5 Å². The Bertz CT molecular complexity index is 824. The summed E-state index contributed by atoms with van der Waals surface area (Å²) in [7, 11) is 0. The first-order valence-corrected chi connectivity index (χ1v) is 8.75. The minimum atomic E-state index is -0.226. The minimum absolute atomic E-state index is 0.137. The van der Waals surface area contributed by atoms with Crippen molar-refractivity contribution in [2.45, 2.75) is 26.2 Å². The molecule has 2 aromatic carbocycles. The summed E-state index contributed by atoms with van der Waals surface area (Å²) in [6, 6.07) is 13.0. The van der Waals surface area contributed by atoms with E-state index >= 15 is 0 Å². The van der Waals surface area contributed by atoms with Crippen LogP contribution in [0.15, 0.2) is 48.7 Å². The van der Waals surface area contributed by atoms with Gasteiger partial charge in [0.1, 0.15) is 11.6 Å². The van der Waals surface area contributed by atoms with Gasteiger partial charge in [0.2, 0.25) is 0 Å². The molecule has 0 aliphatic carbocycles. The summed E-state index contributed by atoms with van der Waals surface area (Å²) in [4.78, 5) is 3.21. The average molecular weight is 340 g/mol. The van der Waals surface area contributed by atoms with Crippen LogP contribution in [0.5, 0.6) is 5.75 Å². The second kappa shape index (κ2) is 7.70.